The second-order valence-electron chi connectivity index (χ2n) is 16.4. The van der Waals surface area contributed by atoms with Gasteiger partial charge in [0.15, 0.2) is 0 Å². The van der Waals surface area contributed by atoms with E-state index in [0.29, 0.717) is 11.8 Å². The van der Waals surface area contributed by atoms with Crippen molar-refractivity contribution in [3.63, 3.8) is 0 Å². The third-order valence-electron chi connectivity index (χ3n) is 8.61. The van der Waals surface area contributed by atoms with E-state index < -0.39 is 0 Å². The molecule has 0 heterocycles. The van der Waals surface area contributed by atoms with Crippen LogP contribution in [-0.2, 0) is 41.5 Å². The Bertz CT molecular complexity index is 1540. The summed E-state index contributed by atoms with van der Waals surface area (Å²) in [7, 11) is 0. The van der Waals surface area contributed by atoms with Crippen LogP contribution in [-0.4, -0.2) is 4.21 Å². The molecule has 2 aliphatic rings. The van der Waals surface area contributed by atoms with Crippen molar-refractivity contribution in [3.05, 3.63) is 154 Å². The average Bonchev–Trinajstić information content (AvgIpc) is 3.69. The van der Waals surface area contributed by atoms with Gasteiger partial charge < -0.3 is 0 Å². The molecule has 2 aliphatic carbocycles. The Hall–Kier alpha value is -2.31. The molecule has 0 saturated heterocycles. The van der Waals surface area contributed by atoms with E-state index >= 15 is 0 Å². The van der Waals surface area contributed by atoms with Gasteiger partial charge in [-0.15, -0.1) is 35.9 Å². The summed E-state index contributed by atoms with van der Waals surface area (Å²) in [4.78, 5) is 0. The molecule has 1 atom stereocenters. The van der Waals surface area contributed by atoms with Crippen LogP contribution < -0.4 is 0 Å². The molecule has 4 aromatic carbocycles. The van der Waals surface area contributed by atoms with Gasteiger partial charge in [-0.2, -0.15) is 107 Å². The van der Waals surface area contributed by atoms with E-state index in [1.54, 1.807) is 0 Å². The van der Waals surface area contributed by atoms with Crippen molar-refractivity contribution in [1.82, 2.24) is 0 Å². The van der Waals surface area contributed by atoms with Crippen LogP contribution in [0.25, 0.3) is 11.1 Å². The quantitative estimate of drug-likeness (QED) is 0.148. The Morgan fingerprint density at radius 3 is 1.51 bits per heavy atom. The zero-order valence-electron chi connectivity index (χ0n) is 33.5. The Balaban J connectivity index is 0.000000706. The molecule has 4 aromatic rings. The second kappa shape index (κ2) is 22.0. The molecule has 276 valence electrons. The minimum absolute atomic E-state index is 0. The van der Waals surface area contributed by atoms with E-state index in [1.165, 1.54) is 74.3 Å². The number of hydrogen-bond acceptors (Lipinski definition) is 0. The number of fused-ring (bicyclic) bond motifs is 3. The van der Waals surface area contributed by atoms with Crippen molar-refractivity contribution in [3.8, 4) is 11.1 Å². The van der Waals surface area contributed by atoms with Gasteiger partial charge in [0.25, 0.3) is 0 Å². The maximum absolute atomic E-state index is 3.67. The first kappa shape index (κ1) is 48.7. The number of allylic oxidation sites excluding steroid dienone is 4. The van der Waals surface area contributed by atoms with Crippen LogP contribution in [0.5, 0.6) is 0 Å². The molecule has 1 unspecified atom stereocenters. The maximum atomic E-state index is 3.67. The normalized spacial score (nSPS) is 13.7. The molecule has 0 N–H and O–H groups in total. The molecule has 0 spiro atoms. The van der Waals surface area contributed by atoms with Gasteiger partial charge in [-0.05, 0) is 28.4 Å². The molecule has 0 amide bonds. The number of benzene rings is 4. The summed E-state index contributed by atoms with van der Waals surface area (Å²) >= 11 is 1.30. The van der Waals surface area contributed by atoms with Crippen LogP contribution in [0.2, 0.25) is 0 Å². The summed E-state index contributed by atoms with van der Waals surface area (Å²) in [6.07, 6.45) is 8.93. The van der Waals surface area contributed by atoms with E-state index in [0.717, 1.165) is 6.42 Å². The van der Waals surface area contributed by atoms with Crippen LogP contribution >= 0.6 is 24.8 Å². The average molecular weight is 801 g/mol. The zero-order chi connectivity index (χ0) is 37.0. The predicted molar refractivity (Wildman–Crippen MR) is 226 cm³/mol. The third-order valence-corrected chi connectivity index (χ3v) is 8.61. The zero-order valence-corrected chi connectivity index (χ0v) is 37.6. The number of aryl methyl sites for hydroxylation is 2. The molecule has 0 bridgehead atoms. The fraction of sp³-hybridized carbons (Fsp3) is 0.396. The van der Waals surface area contributed by atoms with Crippen LogP contribution in [0.3, 0.4) is 0 Å². The van der Waals surface area contributed by atoms with Gasteiger partial charge in [-0.25, -0.2) is 6.08 Å². The Morgan fingerprint density at radius 2 is 1.16 bits per heavy atom. The summed E-state index contributed by atoms with van der Waals surface area (Å²) in [6, 6.07) is 36.8. The van der Waals surface area contributed by atoms with E-state index in [-0.39, 0.29) is 41.1 Å². The molecule has 0 saturated carbocycles. The first-order valence-electron chi connectivity index (χ1n) is 17.6. The SMILES string of the molecule is CC(C)(C)c1[c-]c2c(cc1)-c1ccc(C(C)(C)C)cc1C2.CC(C)C1[C-]=CC(C(C)(C)C)=C1.Cc1cc[c-]cc1.Cc1cc[c-]cc1.Cl.Cl.[CH2]=[Zr]. The molecule has 0 radical (unpaired) electrons. The van der Waals surface area contributed by atoms with Crippen molar-refractivity contribution in [2.45, 2.75) is 107 Å². The molecule has 0 fully saturated rings. The number of hydrogen-bond donors (Lipinski definition) is 0. The van der Waals surface area contributed by atoms with Gasteiger partial charge in [0.1, 0.15) is 0 Å². The van der Waals surface area contributed by atoms with Crippen LogP contribution in [0, 0.1) is 55.4 Å². The molecule has 51 heavy (non-hydrogen) atoms. The summed E-state index contributed by atoms with van der Waals surface area (Å²) in [5.74, 6) is 1.22. The summed E-state index contributed by atoms with van der Waals surface area (Å²) in [5, 5.41) is 0. The first-order chi connectivity index (χ1) is 22.9. The molecule has 0 aromatic heterocycles. The number of halogens is 2. The monoisotopic (exact) mass is 798 g/mol. The fourth-order valence-electron chi connectivity index (χ4n) is 5.30. The summed E-state index contributed by atoms with van der Waals surface area (Å²) in [5.41, 5.74) is 13.0. The molecule has 3 heteroatoms. The van der Waals surface area contributed by atoms with Gasteiger partial charge in [-0.3, -0.25) is 6.08 Å². The summed E-state index contributed by atoms with van der Waals surface area (Å²) < 4.78 is 3.34. The predicted octanol–water partition coefficient (Wildman–Crippen LogP) is 13.7. The van der Waals surface area contributed by atoms with Gasteiger partial charge in [0, 0.05) is 0 Å². The third kappa shape index (κ3) is 16.1. The van der Waals surface area contributed by atoms with E-state index in [1.807, 2.05) is 48.5 Å². The van der Waals surface area contributed by atoms with Crippen LogP contribution in [0.4, 0.5) is 0 Å². The second-order valence-corrected chi connectivity index (χ2v) is 16.4. The van der Waals surface area contributed by atoms with Crippen molar-refractivity contribution in [2.24, 2.45) is 17.3 Å². The van der Waals surface area contributed by atoms with Gasteiger partial charge in [0.05, 0.1) is 0 Å². The van der Waals surface area contributed by atoms with Crippen LogP contribution in [0.15, 0.2) is 96.6 Å². The van der Waals surface area contributed by atoms with Crippen molar-refractivity contribution < 1.29 is 24.2 Å². The standard InChI is InChI=1S/C21H25.C12H19.2C7H7.CH2.2ClH.Zr/c1-20(2,3)16-7-9-18-14(12-16)11-15-13-17(21(4,5)6)8-10-19(15)18;1-9(2)10-6-7-11(8-10)12(3,4)5;2*1-7-5-3-2-4-6-7;;;;/h7-10,12H,11H2,1-6H3;7-10H,1-5H3;2*3-6H,1H3;1H2;2*1H;/q4*-1;;;;. The molecular weight excluding hydrogens is 739 g/mol. The topological polar surface area (TPSA) is 0 Å². The van der Waals surface area contributed by atoms with E-state index in [2.05, 4.69) is 161 Å². The van der Waals surface area contributed by atoms with Crippen molar-refractivity contribution in [1.29, 1.82) is 0 Å². The van der Waals surface area contributed by atoms with Gasteiger partial charge in [0.2, 0.25) is 0 Å². The molecule has 6 rings (SSSR count). The molecule has 0 nitrogen and oxygen atoms in total. The van der Waals surface area contributed by atoms with Gasteiger partial charge in [-0.1, -0.05) is 131 Å². The number of rotatable bonds is 1. The molecular formula is C48H62Cl2Zr-4. The molecule has 0 aliphatic heterocycles. The Kier molecular flexibility index (Phi) is 21.0. The van der Waals surface area contributed by atoms with Gasteiger partial charge >= 0.3 is 28.4 Å². The summed E-state index contributed by atoms with van der Waals surface area (Å²) in [6.45, 7) is 29.0. The van der Waals surface area contributed by atoms with Crippen molar-refractivity contribution >= 4 is 29.0 Å². The fourth-order valence-corrected chi connectivity index (χ4v) is 5.30. The van der Waals surface area contributed by atoms with E-state index in [9.17, 15) is 0 Å². The first-order valence-corrected chi connectivity index (χ1v) is 19.3. The van der Waals surface area contributed by atoms with E-state index in [4.69, 9.17) is 0 Å². The Morgan fingerprint density at radius 1 is 0.667 bits per heavy atom. The Labute approximate surface area is 340 Å². The minimum atomic E-state index is 0. The van der Waals surface area contributed by atoms with Crippen molar-refractivity contribution in [2.75, 3.05) is 0 Å². The van der Waals surface area contributed by atoms with Crippen LogP contribution in [0.1, 0.15) is 110 Å².